The van der Waals surface area contributed by atoms with Crippen molar-refractivity contribution in [1.29, 1.82) is 0 Å². The minimum Gasteiger partial charge on any atom is -0.492 e. The van der Waals surface area contributed by atoms with E-state index in [1.165, 1.54) is 0 Å². The Balaban J connectivity index is 2.07. The van der Waals surface area contributed by atoms with E-state index in [2.05, 4.69) is 0 Å². The number of ether oxygens (including phenoxy) is 1. The largest absolute Gasteiger partial charge is 0.492 e. The van der Waals surface area contributed by atoms with Gasteiger partial charge >= 0.3 is 5.63 Å². The molecule has 0 aliphatic carbocycles. The topological polar surface area (TPSA) is 65.5 Å². The Hall–Kier alpha value is -2.46. The summed E-state index contributed by atoms with van der Waals surface area (Å²) in [5.74, 6) is 0.530. The first kappa shape index (κ1) is 17.4. The van der Waals surface area contributed by atoms with Gasteiger partial charge in [0.15, 0.2) is 0 Å². The molecule has 3 aromatic rings. The molecule has 0 amide bonds. The summed E-state index contributed by atoms with van der Waals surface area (Å²) < 4.78 is 11.1. The van der Waals surface area contributed by atoms with Crippen molar-refractivity contribution in [3.63, 3.8) is 0 Å². The van der Waals surface area contributed by atoms with Crippen molar-refractivity contribution in [2.45, 2.75) is 26.7 Å². The first-order valence-corrected chi connectivity index (χ1v) is 8.60. The number of aryl methyl sites for hydroxylation is 1. The summed E-state index contributed by atoms with van der Waals surface area (Å²) in [4.78, 5) is 12.5. The number of anilines is 1. The second-order valence-corrected chi connectivity index (χ2v) is 6.45. The minimum absolute atomic E-state index is 0.351. The van der Waals surface area contributed by atoms with E-state index in [0.29, 0.717) is 40.6 Å². The molecule has 130 valence electrons. The van der Waals surface area contributed by atoms with Crippen LogP contribution in [0.4, 0.5) is 5.69 Å². The third kappa shape index (κ3) is 3.64. The van der Waals surface area contributed by atoms with Crippen molar-refractivity contribution >= 4 is 28.3 Å². The molecule has 1 heterocycles. The number of nitrogens with two attached hydrogens (primary N) is 1. The molecule has 0 fully saturated rings. The highest BCUT2D eigenvalue weighted by molar-refractivity contribution is 6.32. The molecule has 5 heteroatoms. The minimum atomic E-state index is -0.351. The number of halogens is 1. The van der Waals surface area contributed by atoms with Crippen LogP contribution in [-0.4, -0.2) is 6.61 Å². The van der Waals surface area contributed by atoms with Gasteiger partial charge in [0.05, 0.1) is 11.6 Å². The quantitative estimate of drug-likeness (QED) is 0.530. The van der Waals surface area contributed by atoms with E-state index in [0.717, 1.165) is 22.9 Å². The molecule has 1 aromatic heterocycles. The van der Waals surface area contributed by atoms with Gasteiger partial charge in [0.2, 0.25) is 0 Å². The molecule has 0 unspecified atom stereocenters. The monoisotopic (exact) mass is 357 g/mol. The van der Waals surface area contributed by atoms with Gasteiger partial charge in [0.1, 0.15) is 11.3 Å². The van der Waals surface area contributed by atoms with Crippen LogP contribution in [0.5, 0.6) is 5.75 Å². The van der Waals surface area contributed by atoms with Gasteiger partial charge in [-0.15, -0.1) is 0 Å². The number of hydrogen-bond acceptors (Lipinski definition) is 4. The first-order chi connectivity index (χ1) is 12.0. The molecule has 2 N–H and O–H groups in total. The zero-order chi connectivity index (χ0) is 18.0. The van der Waals surface area contributed by atoms with Crippen LogP contribution in [0, 0.1) is 6.92 Å². The molecule has 25 heavy (non-hydrogen) atoms. The Morgan fingerprint density at radius 2 is 2.04 bits per heavy atom. The number of rotatable bonds is 5. The Morgan fingerprint density at radius 3 is 2.76 bits per heavy atom. The number of nitrogen functional groups attached to an aromatic ring is 1. The van der Waals surface area contributed by atoms with Crippen LogP contribution in [0.25, 0.3) is 11.0 Å². The summed E-state index contributed by atoms with van der Waals surface area (Å²) in [5.41, 5.74) is 9.05. The molecule has 0 atom stereocenters. The molecule has 3 rings (SSSR count). The second kappa shape index (κ2) is 7.19. The Morgan fingerprint density at radius 1 is 1.24 bits per heavy atom. The summed E-state index contributed by atoms with van der Waals surface area (Å²) in [5, 5.41) is 1.32. The summed E-state index contributed by atoms with van der Waals surface area (Å²) in [6.45, 7) is 4.48. The zero-order valence-electron chi connectivity index (χ0n) is 14.3. The van der Waals surface area contributed by atoms with E-state index in [9.17, 15) is 4.79 Å². The fraction of sp³-hybridized carbons (Fsp3) is 0.250. The lowest BCUT2D eigenvalue weighted by Crippen LogP contribution is -2.11. The van der Waals surface area contributed by atoms with E-state index in [4.69, 9.17) is 26.5 Å². The van der Waals surface area contributed by atoms with E-state index in [1.807, 2.05) is 38.1 Å². The first-order valence-electron chi connectivity index (χ1n) is 8.22. The lowest BCUT2D eigenvalue weighted by molar-refractivity contribution is 0.317. The molecule has 0 radical (unpaired) electrons. The molecule has 0 aliphatic rings. The predicted molar refractivity (Wildman–Crippen MR) is 102 cm³/mol. The van der Waals surface area contributed by atoms with Crippen molar-refractivity contribution < 1.29 is 9.15 Å². The molecule has 2 aromatic carbocycles. The molecule has 0 bridgehead atoms. The average molecular weight is 358 g/mol. The second-order valence-electron chi connectivity index (χ2n) is 6.04. The Labute approximate surface area is 151 Å². The molecular formula is C20H20ClNO3. The number of benzene rings is 2. The smallest absolute Gasteiger partial charge is 0.340 e. The SMILES string of the molecule is CCCOc1cc2oc(=O)c(Cc3cccc(N)c3)c(C)c2cc1Cl. The van der Waals surface area contributed by atoms with Crippen LogP contribution in [-0.2, 0) is 6.42 Å². The summed E-state index contributed by atoms with van der Waals surface area (Å²) in [7, 11) is 0. The Kier molecular flexibility index (Phi) is 5.00. The van der Waals surface area contributed by atoms with Crippen molar-refractivity contribution in [1.82, 2.24) is 0 Å². The fourth-order valence-corrected chi connectivity index (χ4v) is 3.04. The summed E-state index contributed by atoms with van der Waals surface area (Å²) in [6, 6.07) is 11.0. The average Bonchev–Trinajstić information content (AvgIpc) is 2.58. The highest BCUT2D eigenvalue weighted by Gasteiger charge is 2.15. The number of hydrogen-bond donors (Lipinski definition) is 1. The van der Waals surface area contributed by atoms with Gasteiger partial charge in [0, 0.05) is 29.1 Å². The van der Waals surface area contributed by atoms with E-state index in [1.54, 1.807) is 12.1 Å². The molecule has 0 saturated carbocycles. The summed E-state index contributed by atoms with van der Waals surface area (Å²) >= 11 is 6.32. The molecular weight excluding hydrogens is 338 g/mol. The predicted octanol–water partition coefficient (Wildman–Crippen LogP) is 4.72. The van der Waals surface area contributed by atoms with Crippen molar-refractivity contribution in [3.8, 4) is 5.75 Å². The maximum absolute atomic E-state index is 12.5. The van der Waals surface area contributed by atoms with Gasteiger partial charge < -0.3 is 14.9 Å². The van der Waals surface area contributed by atoms with E-state index in [-0.39, 0.29) is 5.63 Å². The van der Waals surface area contributed by atoms with Crippen LogP contribution >= 0.6 is 11.6 Å². The maximum atomic E-state index is 12.5. The van der Waals surface area contributed by atoms with E-state index >= 15 is 0 Å². The van der Waals surface area contributed by atoms with Gasteiger partial charge in [-0.1, -0.05) is 30.7 Å². The standard InChI is InChI=1S/C20H20ClNO3/c1-3-7-24-19-11-18-15(10-17(19)21)12(2)16(20(23)25-18)9-13-5-4-6-14(22)8-13/h4-6,8,10-11H,3,7,9,22H2,1-2H3. The fourth-order valence-electron chi connectivity index (χ4n) is 2.82. The molecule has 0 aliphatic heterocycles. The molecule has 4 nitrogen and oxygen atoms in total. The third-order valence-electron chi connectivity index (χ3n) is 4.13. The van der Waals surface area contributed by atoms with Crippen molar-refractivity contribution in [3.05, 3.63) is 68.5 Å². The van der Waals surface area contributed by atoms with Gasteiger partial charge in [-0.25, -0.2) is 4.79 Å². The van der Waals surface area contributed by atoms with Crippen molar-refractivity contribution in [2.75, 3.05) is 12.3 Å². The van der Waals surface area contributed by atoms with Gasteiger partial charge in [-0.3, -0.25) is 0 Å². The number of fused-ring (bicyclic) bond motifs is 1. The lowest BCUT2D eigenvalue weighted by atomic mass is 9.99. The summed E-state index contributed by atoms with van der Waals surface area (Å²) in [6.07, 6.45) is 1.33. The highest BCUT2D eigenvalue weighted by Crippen LogP contribution is 2.32. The van der Waals surface area contributed by atoms with Crippen LogP contribution in [0.1, 0.15) is 30.0 Å². The molecule has 0 spiro atoms. The molecule has 0 saturated heterocycles. The van der Waals surface area contributed by atoms with Crippen LogP contribution < -0.4 is 16.1 Å². The normalized spacial score (nSPS) is 11.0. The van der Waals surface area contributed by atoms with Gasteiger partial charge in [-0.05, 0) is 42.7 Å². The lowest BCUT2D eigenvalue weighted by Gasteiger charge is -2.11. The van der Waals surface area contributed by atoms with Crippen LogP contribution in [0.15, 0.2) is 45.6 Å². The highest BCUT2D eigenvalue weighted by atomic mass is 35.5. The zero-order valence-corrected chi connectivity index (χ0v) is 15.0. The van der Waals surface area contributed by atoms with Crippen molar-refractivity contribution in [2.24, 2.45) is 0 Å². The van der Waals surface area contributed by atoms with Gasteiger partial charge in [0.25, 0.3) is 0 Å². The van der Waals surface area contributed by atoms with E-state index < -0.39 is 0 Å². The van der Waals surface area contributed by atoms with Crippen LogP contribution in [0.3, 0.4) is 0 Å². The Bertz CT molecular complexity index is 979. The van der Waals surface area contributed by atoms with Gasteiger partial charge in [-0.2, -0.15) is 0 Å². The maximum Gasteiger partial charge on any atom is 0.340 e. The van der Waals surface area contributed by atoms with Crippen LogP contribution in [0.2, 0.25) is 5.02 Å². The third-order valence-corrected chi connectivity index (χ3v) is 4.43.